The van der Waals surface area contributed by atoms with Crippen molar-refractivity contribution in [3.63, 3.8) is 0 Å². The average molecular weight is 280 g/mol. The van der Waals surface area contributed by atoms with Gasteiger partial charge in [-0.2, -0.15) is 11.8 Å². The molecule has 0 aromatic heterocycles. The summed E-state index contributed by atoms with van der Waals surface area (Å²) >= 11 is 1.92. The van der Waals surface area contributed by atoms with Crippen LogP contribution in [0, 0.1) is 17.0 Å². The summed E-state index contributed by atoms with van der Waals surface area (Å²) in [6.07, 6.45) is 7.20. The van der Waals surface area contributed by atoms with E-state index in [4.69, 9.17) is 0 Å². The minimum atomic E-state index is -0.319. The molecule has 0 aliphatic heterocycles. The predicted octanol–water partition coefficient (Wildman–Crippen LogP) is 3.99. The molecule has 1 aromatic rings. The van der Waals surface area contributed by atoms with Gasteiger partial charge in [-0.1, -0.05) is 18.9 Å². The molecular formula is C14H20N2O2S. The molecule has 2 rings (SSSR count). The second-order valence-electron chi connectivity index (χ2n) is 5.15. The van der Waals surface area contributed by atoms with Gasteiger partial charge in [0.25, 0.3) is 5.69 Å². The van der Waals surface area contributed by atoms with Gasteiger partial charge in [-0.05, 0) is 32.1 Å². The molecule has 0 spiro atoms. The number of benzene rings is 1. The molecule has 0 radical (unpaired) electrons. The van der Waals surface area contributed by atoms with Crippen LogP contribution in [-0.2, 0) is 0 Å². The first-order valence-corrected chi connectivity index (χ1v) is 7.83. The predicted molar refractivity (Wildman–Crippen MR) is 81.0 cm³/mol. The number of rotatable bonds is 5. The molecule has 1 saturated carbocycles. The van der Waals surface area contributed by atoms with E-state index in [9.17, 15) is 10.1 Å². The number of nitrogens with zero attached hydrogens (tertiary/aromatic N) is 1. The molecule has 0 atom stereocenters. The summed E-state index contributed by atoms with van der Waals surface area (Å²) in [5.41, 5.74) is 1.80. The van der Waals surface area contributed by atoms with E-state index in [1.807, 2.05) is 17.8 Å². The summed E-state index contributed by atoms with van der Waals surface area (Å²) in [4.78, 5) is 10.6. The van der Waals surface area contributed by atoms with Gasteiger partial charge in [-0.3, -0.25) is 10.1 Å². The summed E-state index contributed by atoms with van der Waals surface area (Å²) in [6.45, 7) is 2.69. The van der Waals surface area contributed by atoms with E-state index in [1.165, 1.54) is 25.7 Å². The summed E-state index contributed by atoms with van der Waals surface area (Å²) in [5, 5.41) is 14.3. The van der Waals surface area contributed by atoms with Crippen LogP contribution in [0.1, 0.15) is 31.2 Å². The molecule has 19 heavy (non-hydrogen) atoms. The smallest absolute Gasteiger partial charge is 0.274 e. The molecule has 1 aliphatic rings. The molecule has 0 unspecified atom stereocenters. The Morgan fingerprint density at radius 3 is 2.68 bits per heavy atom. The van der Waals surface area contributed by atoms with Gasteiger partial charge < -0.3 is 5.32 Å². The lowest BCUT2D eigenvalue weighted by molar-refractivity contribution is -0.385. The van der Waals surface area contributed by atoms with Gasteiger partial charge in [-0.15, -0.1) is 0 Å². The van der Waals surface area contributed by atoms with Crippen LogP contribution in [0.15, 0.2) is 18.2 Å². The molecule has 104 valence electrons. The second-order valence-corrected chi connectivity index (χ2v) is 6.43. The third kappa shape index (κ3) is 3.03. The Morgan fingerprint density at radius 1 is 1.42 bits per heavy atom. The van der Waals surface area contributed by atoms with Gasteiger partial charge in [0.1, 0.15) is 0 Å². The molecule has 0 amide bonds. The summed E-state index contributed by atoms with van der Waals surface area (Å²) in [6, 6.07) is 5.22. The standard InChI is InChI=1S/C14H20N2O2S/c1-11-12(6-5-7-13(11)16(17)18)15-10-14(19-2)8-3-4-9-14/h5-7,15H,3-4,8-10H2,1-2H3. The fourth-order valence-electron chi connectivity index (χ4n) is 2.74. The minimum absolute atomic E-state index is 0.189. The van der Waals surface area contributed by atoms with Gasteiger partial charge >= 0.3 is 0 Å². The van der Waals surface area contributed by atoms with Crippen molar-refractivity contribution in [2.75, 3.05) is 18.1 Å². The molecular weight excluding hydrogens is 260 g/mol. The number of nitro benzene ring substituents is 1. The zero-order valence-corrected chi connectivity index (χ0v) is 12.3. The Morgan fingerprint density at radius 2 is 2.11 bits per heavy atom. The van der Waals surface area contributed by atoms with Crippen LogP contribution in [0.25, 0.3) is 0 Å². The molecule has 1 aliphatic carbocycles. The highest BCUT2D eigenvalue weighted by Crippen LogP contribution is 2.40. The van der Waals surface area contributed by atoms with Crippen molar-refractivity contribution in [2.45, 2.75) is 37.4 Å². The van der Waals surface area contributed by atoms with Gasteiger partial charge in [-0.25, -0.2) is 0 Å². The first-order chi connectivity index (χ1) is 9.08. The number of nitrogens with one attached hydrogen (secondary N) is 1. The van der Waals surface area contributed by atoms with Crippen LogP contribution >= 0.6 is 11.8 Å². The molecule has 1 N–H and O–H groups in total. The largest absolute Gasteiger partial charge is 0.383 e. The molecule has 0 saturated heterocycles. The van der Waals surface area contributed by atoms with Crippen LogP contribution in [0.3, 0.4) is 0 Å². The van der Waals surface area contributed by atoms with Gasteiger partial charge in [0.2, 0.25) is 0 Å². The van der Waals surface area contributed by atoms with Crippen LogP contribution in [0.4, 0.5) is 11.4 Å². The Bertz CT molecular complexity index is 471. The van der Waals surface area contributed by atoms with Crippen molar-refractivity contribution in [2.24, 2.45) is 0 Å². The van der Waals surface area contributed by atoms with E-state index in [0.29, 0.717) is 4.75 Å². The summed E-state index contributed by atoms with van der Waals surface area (Å²) in [5.74, 6) is 0. The molecule has 1 aromatic carbocycles. The monoisotopic (exact) mass is 280 g/mol. The van der Waals surface area contributed by atoms with Crippen LogP contribution < -0.4 is 5.32 Å². The van der Waals surface area contributed by atoms with Crippen LogP contribution in [0.2, 0.25) is 0 Å². The fourth-order valence-corrected chi connectivity index (χ4v) is 3.65. The van der Waals surface area contributed by atoms with Crippen molar-refractivity contribution in [3.8, 4) is 0 Å². The highest BCUT2D eigenvalue weighted by atomic mass is 32.2. The Kier molecular flexibility index (Phi) is 4.34. The lowest BCUT2D eigenvalue weighted by Crippen LogP contribution is -2.30. The molecule has 0 bridgehead atoms. The Labute approximate surface area is 118 Å². The zero-order chi connectivity index (χ0) is 13.9. The van der Waals surface area contributed by atoms with Gasteiger partial charge in [0, 0.05) is 28.6 Å². The van der Waals surface area contributed by atoms with E-state index in [1.54, 1.807) is 19.1 Å². The normalized spacial score (nSPS) is 17.4. The van der Waals surface area contributed by atoms with E-state index in [-0.39, 0.29) is 10.6 Å². The van der Waals surface area contributed by atoms with Gasteiger partial charge in [0.05, 0.1) is 4.92 Å². The molecule has 0 heterocycles. The molecule has 5 heteroatoms. The van der Waals surface area contributed by atoms with E-state index < -0.39 is 0 Å². The van der Waals surface area contributed by atoms with Crippen molar-refractivity contribution in [1.82, 2.24) is 0 Å². The van der Waals surface area contributed by atoms with Crippen molar-refractivity contribution in [3.05, 3.63) is 33.9 Å². The number of hydrogen-bond acceptors (Lipinski definition) is 4. The van der Waals surface area contributed by atoms with Crippen molar-refractivity contribution in [1.29, 1.82) is 0 Å². The minimum Gasteiger partial charge on any atom is -0.383 e. The Hall–Kier alpha value is -1.23. The first-order valence-electron chi connectivity index (χ1n) is 6.61. The third-order valence-corrected chi connectivity index (χ3v) is 5.47. The maximum absolute atomic E-state index is 10.9. The number of anilines is 1. The highest BCUT2D eigenvalue weighted by molar-refractivity contribution is 8.00. The quantitative estimate of drug-likeness (QED) is 0.654. The first kappa shape index (κ1) is 14.2. The number of thioether (sulfide) groups is 1. The number of nitro groups is 1. The van der Waals surface area contributed by atoms with E-state index in [2.05, 4.69) is 11.6 Å². The maximum Gasteiger partial charge on any atom is 0.274 e. The number of hydrogen-bond donors (Lipinski definition) is 1. The summed E-state index contributed by atoms with van der Waals surface area (Å²) in [7, 11) is 0. The van der Waals surface area contributed by atoms with E-state index >= 15 is 0 Å². The third-order valence-electron chi connectivity index (χ3n) is 4.05. The fraction of sp³-hybridized carbons (Fsp3) is 0.571. The van der Waals surface area contributed by atoms with Crippen LogP contribution in [-0.4, -0.2) is 22.5 Å². The maximum atomic E-state index is 10.9. The molecule has 1 fully saturated rings. The summed E-state index contributed by atoms with van der Waals surface area (Å²) < 4.78 is 0.303. The zero-order valence-electron chi connectivity index (χ0n) is 11.4. The van der Waals surface area contributed by atoms with E-state index in [0.717, 1.165) is 17.8 Å². The second kappa shape index (κ2) is 5.82. The topological polar surface area (TPSA) is 55.2 Å². The molecule has 4 nitrogen and oxygen atoms in total. The Balaban J connectivity index is 2.11. The van der Waals surface area contributed by atoms with Crippen molar-refractivity contribution >= 4 is 23.1 Å². The highest BCUT2D eigenvalue weighted by Gasteiger charge is 2.32. The van der Waals surface area contributed by atoms with Crippen molar-refractivity contribution < 1.29 is 4.92 Å². The van der Waals surface area contributed by atoms with Gasteiger partial charge in [0.15, 0.2) is 0 Å². The average Bonchev–Trinajstić information content (AvgIpc) is 2.87. The lowest BCUT2D eigenvalue weighted by Gasteiger charge is -2.27. The SMILES string of the molecule is CSC1(CNc2cccc([N+](=O)[O-])c2C)CCCC1. The lowest BCUT2D eigenvalue weighted by atomic mass is 10.1. The van der Waals surface area contributed by atoms with Crippen LogP contribution in [0.5, 0.6) is 0 Å².